The third-order valence-corrected chi connectivity index (χ3v) is 6.39. The van der Waals surface area contributed by atoms with E-state index in [1.54, 1.807) is 4.90 Å². The van der Waals surface area contributed by atoms with Crippen molar-refractivity contribution in [3.63, 3.8) is 0 Å². The number of hydrogen-bond acceptors (Lipinski definition) is 2. The van der Waals surface area contributed by atoms with Crippen molar-refractivity contribution in [3.05, 3.63) is 36.0 Å². The predicted molar refractivity (Wildman–Crippen MR) is 98.4 cm³/mol. The van der Waals surface area contributed by atoms with Crippen LogP contribution in [0.4, 0.5) is 0 Å². The Morgan fingerprint density at radius 3 is 3.00 bits per heavy atom. The molecule has 3 atom stereocenters. The highest BCUT2D eigenvalue weighted by molar-refractivity contribution is 6.58. The first-order chi connectivity index (χ1) is 12.4. The van der Waals surface area contributed by atoms with E-state index in [2.05, 4.69) is 11.1 Å². The molecule has 0 radical (unpaired) electrons. The fourth-order valence-corrected chi connectivity index (χ4v) is 4.84. The molecule has 4 nitrogen and oxygen atoms in total. The number of rotatable bonds is 3. The lowest BCUT2D eigenvalue weighted by atomic mass is 9.72. The Hall–Kier alpha value is -1.70. The summed E-state index contributed by atoms with van der Waals surface area (Å²) in [5.41, 5.74) is 2.22. The van der Waals surface area contributed by atoms with E-state index in [1.165, 1.54) is 0 Å². The van der Waals surface area contributed by atoms with Gasteiger partial charge in [0.05, 0.1) is 12.0 Å². The Labute approximate surface area is 158 Å². The summed E-state index contributed by atoms with van der Waals surface area (Å²) in [5, 5.41) is 10.5. The number of halogens is 2. The van der Waals surface area contributed by atoms with Gasteiger partial charge in [-0.1, -0.05) is 41.4 Å². The van der Waals surface area contributed by atoms with Crippen molar-refractivity contribution in [1.29, 1.82) is 5.26 Å². The molecule has 0 spiro atoms. The number of carbonyl (C=O) groups excluding carboxylic acids is 1. The number of H-pyrrole nitrogens is 1. The first-order valence-electron chi connectivity index (χ1n) is 9.02. The van der Waals surface area contributed by atoms with E-state index in [0.717, 1.165) is 16.5 Å². The molecule has 1 aliphatic carbocycles. The van der Waals surface area contributed by atoms with Crippen molar-refractivity contribution < 1.29 is 6.17 Å². The molecule has 4 rings (SSSR count). The number of nitrogens with one attached hydrogen (secondary N) is 1. The first-order valence-corrected chi connectivity index (χ1v) is 9.27. The zero-order valence-electron chi connectivity index (χ0n) is 14.6. The number of piperidine rings is 1. The topological polar surface area (TPSA) is 59.9 Å². The maximum Gasteiger partial charge on any atom is 0.259 e. The number of hydrogen-bond donors (Lipinski definition) is 1. The lowest BCUT2D eigenvalue weighted by Crippen LogP contribution is -2.60. The molecule has 1 aliphatic heterocycles. The zero-order valence-corrected chi connectivity index (χ0v) is 15.1. The third-order valence-electron chi connectivity index (χ3n) is 5.54. The van der Waals surface area contributed by atoms with Gasteiger partial charge in [0.1, 0.15) is 0 Å². The monoisotopic (exact) mass is 376 g/mol. The van der Waals surface area contributed by atoms with Crippen LogP contribution in [-0.2, 0) is 11.2 Å². The van der Waals surface area contributed by atoms with Gasteiger partial charge in [0.2, 0.25) is 0 Å². The minimum atomic E-state index is -1.71. The van der Waals surface area contributed by atoms with Crippen LogP contribution in [0.25, 0.3) is 10.9 Å². The largest absolute Gasteiger partial charge is 0.361 e. The average molecular weight is 377 g/mol. The van der Waals surface area contributed by atoms with E-state index in [1.807, 2.05) is 30.5 Å². The molecule has 1 N–H and O–H groups in total. The van der Waals surface area contributed by atoms with Crippen LogP contribution < -0.4 is 0 Å². The van der Waals surface area contributed by atoms with Crippen LogP contribution in [0.3, 0.4) is 0 Å². The predicted octanol–water partition coefficient (Wildman–Crippen LogP) is 4.03. The standard InChI is InChI=1S/C19H19Cl2N3O/c20-19(21)16-9-14(6-5-12(16)10-22)24(18(19)25)8-7-13-11-23-17-4-2-1-3-15(13)17/h1-4,11-12,14,16,23H,5-9H2/t12-,14-,16-/m1/s1/i12D. The number of amides is 1. The van der Waals surface area contributed by atoms with Crippen molar-refractivity contribution in [2.24, 2.45) is 11.8 Å². The maximum atomic E-state index is 12.9. The van der Waals surface area contributed by atoms with Crippen LogP contribution in [0.2, 0.25) is 0 Å². The smallest absolute Gasteiger partial charge is 0.259 e. The minimum absolute atomic E-state index is 0.00449. The second-order valence-corrected chi connectivity index (χ2v) is 8.23. The van der Waals surface area contributed by atoms with Gasteiger partial charge in [-0.15, -0.1) is 0 Å². The number of para-hydroxylation sites is 1. The molecule has 1 saturated carbocycles. The number of nitrogens with zero attached hydrogens (tertiary/aromatic N) is 2. The summed E-state index contributed by atoms with van der Waals surface area (Å²) in [7, 11) is 0. The van der Waals surface area contributed by atoms with Crippen LogP contribution in [-0.4, -0.2) is 32.7 Å². The number of benzene rings is 1. The third kappa shape index (κ3) is 2.70. The maximum absolute atomic E-state index is 12.9. The molecular weight excluding hydrogens is 357 g/mol. The van der Waals surface area contributed by atoms with Gasteiger partial charge in [-0.3, -0.25) is 4.79 Å². The van der Waals surface area contributed by atoms with Gasteiger partial charge in [0.15, 0.2) is 4.33 Å². The van der Waals surface area contributed by atoms with Gasteiger partial charge in [-0.25, -0.2) is 0 Å². The van der Waals surface area contributed by atoms with E-state index < -0.39 is 16.1 Å². The molecule has 1 saturated heterocycles. The average Bonchev–Trinajstić information content (AvgIpc) is 3.05. The van der Waals surface area contributed by atoms with E-state index >= 15 is 0 Å². The highest BCUT2D eigenvalue weighted by Gasteiger charge is 2.56. The molecule has 2 heterocycles. The molecule has 2 fully saturated rings. The van der Waals surface area contributed by atoms with Crippen LogP contribution in [0, 0.1) is 23.1 Å². The van der Waals surface area contributed by atoms with E-state index in [-0.39, 0.29) is 11.9 Å². The number of carbonyl (C=O) groups is 1. The molecule has 1 aromatic heterocycles. The Morgan fingerprint density at radius 1 is 1.40 bits per heavy atom. The summed E-state index contributed by atoms with van der Waals surface area (Å²) in [5.74, 6) is -2.41. The Bertz CT molecular complexity index is 906. The summed E-state index contributed by atoms with van der Waals surface area (Å²) in [6.45, 7) is 0.525. The molecule has 2 aliphatic rings. The number of fused-ring (bicyclic) bond motifs is 3. The highest BCUT2D eigenvalue weighted by Crippen LogP contribution is 2.49. The highest BCUT2D eigenvalue weighted by atomic mass is 35.5. The van der Waals surface area contributed by atoms with E-state index in [9.17, 15) is 10.1 Å². The lowest BCUT2D eigenvalue weighted by molar-refractivity contribution is -0.142. The van der Waals surface area contributed by atoms with Gasteiger partial charge in [0, 0.05) is 37.0 Å². The Balaban J connectivity index is 1.57. The van der Waals surface area contributed by atoms with Gasteiger partial charge in [-0.2, -0.15) is 5.26 Å². The summed E-state index contributed by atoms with van der Waals surface area (Å²) >= 11 is 12.8. The number of nitriles is 1. The number of likely N-dealkylation sites (tertiary alicyclic amines) is 1. The molecule has 1 aromatic carbocycles. The van der Waals surface area contributed by atoms with E-state index in [4.69, 9.17) is 24.6 Å². The molecule has 2 bridgehead atoms. The normalized spacial score (nSPS) is 31.6. The molecule has 2 aromatic rings. The van der Waals surface area contributed by atoms with Crippen molar-refractivity contribution in [3.8, 4) is 6.07 Å². The van der Waals surface area contributed by atoms with Crippen LogP contribution in [0.5, 0.6) is 0 Å². The van der Waals surface area contributed by atoms with Crippen LogP contribution >= 0.6 is 23.2 Å². The van der Waals surface area contributed by atoms with E-state index in [0.29, 0.717) is 32.2 Å². The minimum Gasteiger partial charge on any atom is -0.361 e. The molecule has 130 valence electrons. The molecule has 1 amide bonds. The second kappa shape index (κ2) is 6.23. The fraction of sp³-hybridized carbons (Fsp3) is 0.474. The Kier molecular flexibility index (Phi) is 3.87. The molecule has 6 heteroatoms. The van der Waals surface area contributed by atoms with Gasteiger partial charge in [0.25, 0.3) is 5.91 Å². The van der Waals surface area contributed by atoms with Crippen molar-refractivity contribution in [2.45, 2.75) is 36.1 Å². The van der Waals surface area contributed by atoms with Crippen LogP contribution in [0.1, 0.15) is 26.2 Å². The summed E-state index contributed by atoms with van der Waals surface area (Å²) in [6, 6.07) is 10.1. The van der Waals surface area contributed by atoms with Gasteiger partial charge >= 0.3 is 0 Å². The SMILES string of the molecule is [2H][C@]1(C#N)CC[C@@H]2C[C@H]1C(Cl)(Cl)C(=O)N2CCc1c[nH]c2ccccc12. The van der Waals surface area contributed by atoms with Crippen LogP contribution in [0.15, 0.2) is 30.5 Å². The second-order valence-electron chi connectivity index (χ2n) is 6.85. The number of aromatic amines is 1. The number of alkyl halides is 2. The number of aromatic nitrogens is 1. The van der Waals surface area contributed by atoms with Crippen molar-refractivity contribution in [1.82, 2.24) is 9.88 Å². The summed E-state index contributed by atoms with van der Waals surface area (Å²) in [6.07, 6.45) is 4.20. The molecular formula is C19H19Cl2N3O. The Morgan fingerprint density at radius 2 is 2.20 bits per heavy atom. The van der Waals surface area contributed by atoms with Crippen molar-refractivity contribution >= 4 is 40.0 Å². The zero-order chi connectivity index (χ0) is 18.5. The molecule has 0 unspecified atom stereocenters. The first kappa shape index (κ1) is 15.5. The summed E-state index contributed by atoms with van der Waals surface area (Å²) < 4.78 is 6.65. The quantitative estimate of drug-likeness (QED) is 0.821. The fourth-order valence-electron chi connectivity index (χ4n) is 4.18. The van der Waals surface area contributed by atoms with Gasteiger partial charge < -0.3 is 9.88 Å². The summed E-state index contributed by atoms with van der Waals surface area (Å²) in [4.78, 5) is 18.0. The van der Waals surface area contributed by atoms with Crippen molar-refractivity contribution in [2.75, 3.05) is 6.54 Å². The van der Waals surface area contributed by atoms with Gasteiger partial charge in [-0.05, 0) is 37.3 Å². The lowest BCUT2D eigenvalue weighted by Gasteiger charge is -2.49. The molecule has 25 heavy (non-hydrogen) atoms.